The molecule has 0 fully saturated rings. The molecule has 1 rings (SSSR count). The highest BCUT2D eigenvalue weighted by atomic mass is 16.2. The maximum absolute atomic E-state index is 12.3. The van der Waals surface area contributed by atoms with E-state index in [9.17, 15) is 4.79 Å². The van der Waals surface area contributed by atoms with Gasteiger partial charge in [0.1, 0.15) is 5.69 Å². The van der Waals surface area contributed by atoms with Crippen molar-refractivity contribution in [2.45, 2.75) is 20.3 Å². The second kappa shape index (κ2) is 5.52. The van der Waals surface area contributed by atoms with Crippen molar-refractivity contribution in [2.75, 3.05) is 18.8 Å². The average Bonchev–Trinajstić information content (AvgIpc) is 2.52. The first-order valence-corrected chi connectivity index (χ1v) is 5.72. The number of nitrogens with two attached hydrogens (primary N) is 1. The van der Waals surface area contributed by atoms with Crippen LogP contribution in [0.2, 0.25) is 0 Å². The van der Waals surface area contributed by atoms with Gasteiger partial charge in [0, 0.05) is 20.1 Å². The summed E-state index contributed by atoms with van der Waals surface area (Å²) in [6, 6.07) is 0. The van der Waals surface area contributed by atoms with E-state index < -0.39 is 0 Å². The van der Waals surface area contributed by atoms with Gasteiger partial charge in [-0.05, 0) is 13.3 Å². The van der Waals surface area contributed by atoms with E-state index in [4.69, 9.17) is 5.73 Å². The van der Waals surface area contributed by atoms with Crippen LogP contribution >= 0.6 is 0 Å². The van der Waals surface area contributed by atoms with E-state index in [0.29, 0.717) is 30.2 Å². The predicted molar refractivity (Wildman–Crippen MR) is 68.7 cm³/mol. The molecule has 0 spiro atoms. The lowest BCUT2D eigenvalue weighted by atomic mass is 10.2. The second-order valence-electron chi connectivity index (χ2n) is 4.01. The zero-order chi connectivity index (χ0) is 13.0. The molecule has 1 heterocycles. The molecule has 0 aliphatic heterocycles. The van der Waals surface area contributed by atoms with Gasteiger partial charge in [-0.3, -0.25) is 9.48 Å². The van der Waals surface area contributed by atoms with E-state index in [1.807, 2.05) is 6.92 Å². The Labute approximate surface area is 102 Å². The molecule has 94 valence electrons. The summed E-state index contributed by atoms with van der Waals surface area (Å²) in [6.45, 7) is 8.70. The van der Waals surface area contributed by atoms with Gasteiger partial charge >= 0.3 is 0 Å². The fourth-order valence-electron chi connectivity index (χ4n) is 1.78. The molecule has 1 aromatic heterocycles. The Morgan fingerprint density at radius 3 is 2.71 bits per heavy atom. The predicted octanol–water partition coefficient (Wildman–Crippen LogP) is 1.35. The van der Waals surface area contributed by atoms with Crippen LogP contribution in [-0.2, 0) is 7.05 Å². The Hall–Kier alpha value is -1.78. The van der Waals surface area contributed by atoms with Crippen molar-refractivity contribution in [2.24, 2.45) is 7.05 Å². The number of amides is 1. The number of carbonyl (C=O) groups excluding carboxylic acids is 1. The summed E-state index contributed by atoms with van der Waals surface area (Å²) in [6.07, 6.45) is 2.61. The summed E-state index contributed by atoms with van der Waals surface area (Å²) >= 11 is 0. The van der Waals surface area contributed by atoms with Gasteiger partial charge < -0.3 is 10.6 Å². The van der Waals surface area contributed by atoms with E-state index in [2.05, 4.69) is 11.7 Å². The topological polar surface area (TPSA) is 64.2 Å². The molecule has 2 N–H and O–H groups in total. The normalized spacial score (nSPS) is 10.3. The average molecular weight is 236 g/mol. The number of nitrogen functional groups attached to an aromatic ring is 1. The molecule has 0 bridgehead atoms. The van der Waals surface area contributed by atoms with Crippen LogP contribution in [0, 0.1) is 6.92 Å². The first-order valence-electron chi connectivity index (χ1n) is 5.72. The molecule has 0 unspecified atom stereocenters. The monoisotopic (exact) mass is 236 g/mol. The number of nitrogens with zero attached hydrogens (tertiary/aromatic N) is 3. The van der Waals surface area contributed by atoms with Crippen LogP contribution in [0.25, 0.3) is 0 Å². The first-order chi connectivity index (χ1) is 8.02. The number of anilines is 1. The van der Waals surface area contributed by atoms with Crippen LogP contribution in [0.3, 0.4) is 0 Å². The molecule has 0 aromatic carbocycles. The smallest absolute Gasteiger partial charge is 0.274 e. The number of aromatic nitrogens is 2. The summed E-state index contributed by atoms with van der Waals surface area (Å²) in [5, 5.41) is 4.15. The summed E-state index contributed by atoms with van der Waals surface area (Å²) in [5.41, 5.74) is 7.48. The third-order valence-corrected chi connectivity index (χ3v) is 2.60. The Kier molecular flexibility index (Phi) is 4.31. The Morgan fingerprint density at radius 2 is 2.29 bits per heavy atom. The summed E-state index contributed by atoms with van der Waals surface area (Å²) in [4.78, 5) is 14.0. The largest absolute Gasteiger partial charge is 0.395 e. The van der Waals surface area contributed by atoms with Gasteiger partial charge in [0.25, 0.3) is 5.91 Å². The number of carbonyl (C=O) groups is 1. The molecule has 1 amide bonds. The summed E-state index contributed by atoms with van der Waals surface area (Å²) in [7, 11) is 1.73. The van der Waals surface area contributed by atoms with Crippen LogP contribution in [0.5, 0.6) is 0 Å². The molecule has 0 saturated heterocycles. The minimum absolute atomic E-state index is 0.0904. The molecule has 0 atom stereocenters. The molecular formula is C12H20N4O. The lowest BCUT2D eigenvalue weighted by Crippen LogP contribution is -2.33. The van der Waals surface area contributed by atoms with E-state index in [1.165, 1.54) is 0 Å². The second-order valence-corrected chi connectivity index (χ2v) is 4.01. The standard InChI is InChI=1S/C12H20N4O/c1-5-7-16(8-6-2)12(17)11-10(13)9(3)14-15(11)4/h5H,1,6-8,13H2,2-4H3. The third kappa shape index (κ3) is 2.67. The fourth-order valence-corrected chi connectivity index (χ4v) is 1.78. The highest BCUT2D eigenvalue weighted by Crippen LogP contribution is 2.17. The van der Waals surface area contributed by atoms with Crippen molar-refractivity contribution >= 4 is 11.6 Å². The van der Waals surface area contributed by atoms with Gasteiger partial charge in [-0.15, -0.1) is 6.58 Å². The molecule has 0 aliphatic rings. The van der Waals surface area contributed by atoms with Crippen molar-refractivity contribution < 1.29 is 4.79 Å². The van der Waals surface area contributed by atoms with Crippen LogP contribution in [0.1, 0.15) is 29.5 Å². The highest BCUT2D eigenvalue weighted by Gasteiger charge is 2.22. The molecule has 5 heteroatoms. The Balaban J connectivity index is 3.04. The lowest BCUT2D eigenvalue weighted by Gasteiger charge is -2.20. The van der Waals surface area contributed by atoms with Gasteiger partial charge in [0.05, 0.1) is 11.4 Å². The van der Waals surface area contributed by atoms with Crippen LogP contribution in [-0.4, -0.2) is 33.7 Å². The van der Waals surface area contributed by atoms with Gasteiger partial charge in [-0.25, -0.2) is 0 Å². The Morgan fingerprint density at radius 1 is 1.65 bits per heavy atom. The van der Waals surface area contributed by atoms with Crippen LogP contribution < -0.4 is 5.73 Å². The molecular weight excluding hydrogens is 216 g/mol. The SMILES string of the molecule is C=CCN(CCC)C(=O)c1c(N)c(C)nn1C. The van der Waals surface area contributed by atoms with Gasteiger partial charge in [0.15, 0.2) is 0 Å². The molecule has 5 nitrogen and oxygen atoms in total. The maximum atomic E-state index is 12.3. The zero-order valence-corrected chi connectivity index (χ0v) is 10.7. The van der Waals surface area contributed by atoms with Crippen LogP contribution in [0.4, 0.5) is 5.69 Å². The minimum atomic E-state index is -0.0904. The Bertz CT molecular complexity index is 422. The van der Waals surface area contributed by atoms with Crippen molar-refractivity contribution in [1.82, 2.24) is 14.7 Å². The summed E-state index contributed by atoms with van der Waals surface area (Å²) < 4.78 is 1.54. The van der Waals surface area contributed by atoms with Gasteiger partial charge in [0.2, 0.25) is 0 Å². The van der Waals surface area contributed by atoms with E-state index in [-0.39, 0.29) is 5.91 Å². The first kappa shape index (κ1) is 13.3. The van der Waals surface area contributed by atoms with Gasteiger partial charge in [-0.2, -0.15) is 5.10 Å². The number of hydrogen-bond acceptors (Lipinski definition) is 3. The quantitative estimate of drug-likeness (QED) is 0.785. The lowest BCUT2D eigenvalue weighted by molar-refractivity contribution is 0.0764. The van der Waals surface area contributed by atoms with Gasteiger partial charge in [-0.1, -0.05) is 13.0 Å². The zero-order valence-electron chi connectivity index (χ0n) is 10.7. The molecule has 17 heavy (non-hydrogen) atoms. The van der Waals surface area contributed by atoms with Crippen molar-refractivity contribution in [1.29, 1.82) is 0 Å². The number of hydrogen-bond donors (Lipinski definition) is 1. The molecule has 1 aromatic rings. The van der Waals surface area contributed by atoms with Crippen molar-refractivity contribution in [3.63, 3.8) is 0 Å². The number of aryl methyl sites for hydroxylation is 2. The third-order valence-electron chi connectivity index (χ3n) is 2.60. The number of rotatable bonds is 5. The fraction of sp³-hybridized carbons (Fsp3) is 0.500. The van der Waals surface area contributed by atoms with Crippen molar-refractivity contribution in [3.05, 3.63) is 24.0 Å². The van der Waals surface area contributed by atoms with E-state index in [1.54, 1.807) is 29.6 Å². The summed E-state index contributed by atoms with van der Waals surface area (Å²) in [5.74, 6) is -0.0904. The van der Waals surface area contributed by atoms with E-state index in [0.717, 1.165) is 6.42 Å². The minimum Gasteiger partial charge on any atom is -0.395 e. The molecule has 0 aliphatic carbocycles. The van der Waals surface area contributed by atoms with Crippen molar-refractivity contribution in [3.8, 4) is 0 Å². The van der Waals surface area contributed by atoms with E-state index >= 15 is 0 Å². The highest BCUT2D eigenvalue weighted by molar-refractivity contribution is 5.98. The van der Waals surface area contributed by atoms with Crippen LogP contribution in [0.15, 0.2) is 12.7 Å². The maximum Gasteiger partial charge on any atom is 0.274 e. The molecule has 0 saturated carbocycles. The molecule has 0 radical (unpaired) electrons.